The highest BCUT2D eigenvalue weighted by Crippen LogP contribution is 2.19. The standard InChI is InChI=1S/C19H38N4O2/c1-19(2,23-11-5-4-6-12-23)16-22-18(20-3)21-10-8-13-24-15-17-9-7-14-25-17/h17H,4-16H2,1-3H3,(H2,20,21,22). The second-order valence-corrected chi connectivity index (χ2v) is 7.78. The fraction of sp³-hybridized carbons (Fsp3) is 0.947. The minimum Gasteiger partial charge on any atom is -0.379 e. The smallest absolute Gasteiger partial charge is 0.191 e. The first-order valence-corrected chi connectivity index (χ1v) is 10.0. The van der Waals surface area contributed by atoms with E-state index in [4.69, 9.17) is 9.47 Å². The summed E-state index contributed by atoms with van der Waals surface area (Å²) < 4.78 is 11.2. The van der Waals surface area contributed by atoms with Gasteiger partial charge in [0.05, 0.1) is 12.7 Å². The topological polar surface area (TPSA) is 58.1 Å². The van der Waals surface area contributed by atoms with Crippen molar-refractivity contribution in [2.45, 2.75) is 64.0 Å². The SMILES string of the molecule is CN=C(NCCCOCC1CCCO1)NCC(C)(C)N1CCCCC1. The molecule has 146 valence electrons. The van der Waals surface area contributed by atoms with Crippen LogP contribution in [0.3, 0.4) is 0 Å². The van der Waals surface area contributed by atoms with E-state index in [1.54, 1.807) is 0 Å². The molecule has 0 amide bonds. The summed E-state index contributed by atoms with van der Waals surface area (Å²) in [7, 11) is 1.83. The maximum absolute atomic E-state index is 5.69. The lowest BCUT2D eigenvalue weighted by molar-refractivity contribution is 0.0168. The molecule has 0 spiro atoms. The highest BCUT2D eigenvalue weighted by atomic mass is 16.5. The second kappa shape index (κ2) is 11.0. The minimum absolute atomic E-state index is 0.155. The molecule has 0 bridgehead atoms. The third kappa shape index (κ3) is 7.50. The molecule has 2 heterocycles. The number of likely N-dealkylation sites (tertiary alicyclic amines) is 1. The van der Waals surface area contributed by atoms with Crippen LogP contribution >= 0.6 is 0 Å². The minimum atomic E-state index is 0.155. The number of aliphatic imine (C=N–C) groups is 1. The van der Waals surface area contributed by atoms with Crippen molar-refractivity contribution in [2.75, 3.05) is 53.0 Å². The number of hydrogen-bond acceptors (Lipinski definition) is 4. The highest BCUT2D eigenvalue weighted by molar-refractivity contribution is 5.79. The normalized spacial score (nSPS) is 23.0. The van der Waals surface area contributed by atoms with Crippen molar-refractivity contribution < 1.29 is 9.47 Å². The Labute approximate surface area is 153 Å². The van der Waals surface area contributed by atoms with Crippen LogP contribution in [0.2, 0.25) is 0 Å². The van der Waals surface area contributed by atoms with E-state index >= 15 is 0 Å². The Morgan fingerprint density at radius 1 is 1.20 bits per heavy atom. The monoisotopic (exact) mass is 354 g/mol. The lowest BCUT2D eigenvalue weighted by Gasteiger charge is -2.41. The predicted octanol–water partition coefficient (Wildman–Crippen LogP) is 2.00. The molecule has 0 aliphatic carbocycles. The molecule has 2 saturated heterocycles. The highest BCUT2D eigenvalue weighted by Gasteiger charge is 2.27. The molecule has 0 aromatic carbocycles. The number of nitrogens with one attached hydrogen (secondary N) is 2. The molecule has 0 radical (unpaired) electrons. The van der Waals surface area contributed by atoms with Gasteiger partial charge in [-0.05, 0) is 59.0 Å². The lowest BCUT2D eigenvalue weighted by atomic mass is 9.98. The zero-order valence-corrected chi connectivity index (χ0v) is 16.5. The van der Waals surface area contributed by atoms with E-state index in [0.29, 0.717) is 6.10 Å². The van der Waals surface area contributed by atoms with Gasteiger partial charge in [0, 0.05) is 38.9 Å². The van der Waals surface area contributed by atoms with E-state index < -0.39 is 0 Å². The molecule has 0 aromatic rings. The van der Waals surface area contributed by atoms with Crippen molar-refractivity contribution in [1.82, 2.24) is 15.5 Å². The van der Waals surface area contributed by atoms with Crippen molar-refractivity contribution in [3.8, 4) is 0 Å². The molecule has 2 aliphatic rings. The first-order chi connectivity index (χ1) is 12.1. The Hall–Kier alpha value is -0.850. The van der Waals surface area contributed by atoms with Crippen molar-refractivity contribution in [2.24, 2.45) is 4.99 Å². The molecular formula is C19H38N4O2. The molecule has 1 atom stereocenters. The van der Waals surface area contributed by atoms with E-state index in [2.05, 4.69) is 34.4 Å². The van der Waals surface area contributed by atoms with Crippen LogP contribution in [0.4, 0.5) is 0 Å². The number of nitrogens with zero attached hydrogens (tertiary/aromatic N) is 2. The quantitative estimate of drug-likeness (QED) is 0.377. The summed E-state index contributed by atoms with van der Waals surface area (Å²) in [5, 5.41) is 6.86. The van der Waals surface area contributed by atoms with Crippen LogP contribution in [0.15, 0.2) is 4.99 Å². The van der Waals surface area contributed by atoms with E-state index in [1.807, 2.05) is 7.05 Å². The van der Waals surface area contributed by atoms with Crippen LogP contribution in [-0.4, -0.2) is 75.5 Å². The molecular weight excluding hydrogens is 316 g/mol. The number of guanidine groups is 1. The van der Waals surface area contributed by atoms with Gasteiger partial charge in [-0.25, -0.2) is 0 Å². The average Bonchev–Trinajstić information content (AvgIpc) is 3.14. The van der Waals surface area contributed by atoms with Crippen LogP contribution in [0.5, 0.6) is 0 Å². The molecule has 6 nitrogen and oxygen atoms in total. The van der Waals surface area contributed by atoms with Crippen LogP contribution < -0.4 is 10.6 Å². The predicted molar refractivity (Wildman–Crippen MR) is 103 cm³/mol. The van der Waals surface area contributed by atoms with E-state index in [0.717, 1.165) is 51.7 Å². The van der Waals surface area contributed by atoms with Gasteiger partial charge in [0.15, 0.2) is 5.96 Å². The average molecular weight is 355 g/mol. The number of ether oxygens (including phenoxy) is 2. The second-order valence-electron chi connectivity index (χ2n) is 7.78. The number of piperidine rings is 1. The first kappa shape index (κ1) is 20.5. The van der Waals surface area contributed by atoms with Gasteiger partial charge < -0.3 is 20.1 Å². The summed E-state index contributed by atoms with van der Waals surface area (Å²) in [5.74, 6) is 0.879. The number of hydrogen-bond donors (Lipinski definition) is 2. The Morgan fingerprint density at radius 2 is 2.00 bits per heavy atom. The van der Waals surface area contributed by atoms with Crippen molar-refractivity contribution in [1.29, 1.82) is 0 Å². The number of rotatable bonds is 9. The van der Waals surface area contributed by atoms with Crippen LogP contribution in [0.1, 0.15) is 52.4 Å². The van der Waals surface area contributed by atoms with Crippen molar-refractivity contribution in [3.63, 3.8) is 0 Å². The summed E-state index contributed by atoms with van der Waals surface area (Å²) in [6, 6.07) is 0. The molecule has 0 aromatic heterocycles. The molecule has 0 saturated carbocycles. The fourth-order valence-electron chi connectivity index (χ4n) is 3.50. The molecule has 2 aliphatic heterocycles. The zero-order chi connectivity index (χ0) is 18.0. The Bertz CT molecular complexity index is 389. The first-order valence-electron chi connectivity index (χ1n) is 10.0. The fourth-order valence-corrected chi connectivity index (χ4v) is 3.50. The van der Waals surface area contributed by atoms with Gasteiger partial charge in [-0.15, -0.1) is 0 Å². The summed E-state index contributed by atoms with van der Waals surface area (Å²) in [6.45, 7) is 11.2. The summed E-state index contributed by atoms with van der Waals surface area (Å²) in [5.41, 5.74) is 0.155. The van der Waals surface area contributed by atoms with Gasteiger partial charge >= 0.3 is 0 Å². The van der Waals surface area contributed by atoms with Crippen LogP contribution in [0, 0.1) is 0 Å². The van der Waals surface area contributed by atoms with Gasteiger partial charge in [-0.3, -0.25) is 9.89 Å². The molecule has 2 rings (SSSR count). The van der Waals surface area contributed by atoms with Crippen molar-refractivity contribution >= 4 is 5.96 Å². The molecule has 25 heavy (non-hydrogen) atoms. The summed E-state index contributed by atoms with van der Waals surface area (Å²) >= 11 is 0. The van der Waals surface area contributed by atoms with E-state index in [-0.39, 0.29) is 5.54 Å². The van der Waals surface area contributed by atoms with Gasteiger partial charge in [0.2, 0.25) is 0 Å². The maximum Gasteiger partial charge on any atom is 0.191 e. The largest absolute Gasteiger partial charge is 0.379 e. The van der Waals surface area contributed by atoms with E-state index in [9.17, 15) is 0 Å². The van der Waals surface area contributed by atoms with Crippen LogP contribution in [-0.2, 0) is 9.47 Å². The molecule has 2 fully saturated rings. The Morgan fingerprint density at radius 3 is 2.68 bits per heavy atom. The Balaban J connectivity index is 1.55. The molecule has 1 unspecified atom stereocenters. The maximum atomic E-state index is 5.69. The third-order valence-corrected chi connectivity index (χ3v) is 5.21. The zero-order valence-electron chi connectivity index (χ0n) is 16.5. The summed E-state index contributed by atoms with van der Waals surface area (Å²) in [6.07, 6.45) is 7.62. The third-order valence-electron chi connectivity index (χ3n) is 5.21. The van der Waals surface area contributed by atoms with Gasteiger partial charge in [-0.1, -0.05) is 6.42 Å². The summed E-state index contributed by atoms with van der Waals surface area (Å²) in [4.78, 5) is 6.93. The Kier molecular flexibility index (Phi) is 8.99. The van der Waals surface area contributed by atoms with Gasteiger partial charge in [-0.2, -0.15) is 0 Å². The van der Waals surface area contributed by atoms with E-state index in [1.165, 1.54) is 38.8 Å². The lowest BCUT2D eigenvalue weighted by Crippen LogP contribution is -2.54. The van der Waals surface area contributed by atoms with Gasteiger partial charge in [0.25, 0.3) is 0 Å². The molecule has 2 N–H and O–H groups in total. The van der Waals surface area contributed by atoms with Crippen LogP contribution in [0.25, 0.3) is 0 Å². The molecule has 6 heteroatoms. The van der Waals surface area contributed by atoms with Gasteiger partial charge in [0.1, 0.15) is 0 Å². The van der Waals surface area contributed by atoms with Crippen molar-refractivity contribution in [3.05, 3.63) is 0 Å².